The second-order valence-electron chi connectivity index (χ2n) is 5.22. The van der Waals surface area contributed by atoms with E-state index >= 15 is 0 Å². The van der Waals surface area contributed by atoms with Crippen LogP contribution in [0.5, 0.6) is 5.75 Å². The van der Waals surface area contributed by atoms with Crippen molar-refractivity contribution in [3.05, 3.63) is 59.7 Å². The fourth-order valence-corrected chi connectivity index (χ4v) is 2.77. The molecular weight excluding hydrogens is 266 g/mol. The minimum absolute atomic E-state index is 0.0219. The van der Waals surface area contributed by atoms with Crippen molar-refractivity contribution in [2.24, 2.45) is 0 Å². The molecule has 0 bridgehead atoms. The van der Waals surface area contributed by atoms with Gasteiger partial charge in [-0.2, -0.15) is 0 Å². The molecule has 2 aromatic rings. The molecular formula is C17H17NOS. The molecule has 1 aliphatic rings. The maximum absolute atomic E-state index is 6.09. The number of anilines is 1. The minimum Gasteiger partial charge on any atom is -0.485 e. The number of ether oxygens (including phenoxy) is 1. The van der Waals surface area contributed by atoms with Crippen LogP contribution in [0.1, 0.15) is 23.7 Å². The summed E-state index contributed by atoms with van der Waals surface area (Å²) in [7, 11) is 4.08. The van der Waals surface area contributed by atoms with Gasteiger partial charge in [0.1, 0.15) is 11.9 Å². The third-order valence-corrected chi connectivity index (χ3v) is 4.00. The van der Waals surface area contributed by atoms with Crippen LogP contribution in [0, 0.1) is 0 Å². The molecule has 0 amide bonds. The van der Waals surface area contributed by atoms with Crippen molar-refractivity contribution in [3.8, 4) is 5.75 Å². The molecule has 0 N–H and O–H groups in total. The summed E-state index contributed by atoms with van der Waals surface area (Å²) in [5.41, 5.74) is 3.42. The summed E-state index contributed by atoms with van der Waals surface area (Å²) in [6.07, 6.45) is 0.793. The van der Waals surface area contributed by atoms with Gasteiger partial charge in [0.05, 0.1) is 0 Å². The second-order valence-corrected chi connectivity index (χ2v) is 5.71. The molecule has 2 nitrogen and oxygen atoms in total. The SMILES string of the molecule is CN(C)c1ccc(C2CC(=S)c3ccccc3O2)cc1. The summed E-state index contributed by atoms with van der Waals surface area (Å²) < 4.78 is 6.09. The fourth-order valence-electron chi connectivity index (χ4n) is 2.45. The number of para-hydroxylation sites is 1. The molecule has 0 radical (unpaired) electrons. The number of rotatable bonds is 2. The number of fused-ring (bicyclic) bond motifs is 1. The molecule has 0 saturated carbocycles. The van der Waals surface area contributed by atoms with Crippen molar-refractivity contribution in [2.75, 3.05) is 19.0 Å². The van der Waals surface area contributed by atoms with E-state index < -0.39 is 0 Å². The Hall–Kier alpha value is -1.87. The normalized spacial score (nSPS) is 17.3. The Labute approximate surface area is 125 Å². The van der Waals surface area contributed by atoms with Crippen LogP contribution >= 0.6 is 12.2 Å². The highest BCUT2D eigenvalue weighted by Gasteiger charge is 2.24. The van der Waals surface area contributed by atoms with Crippen LogP contribution in [0.4, 0.5) is 5.69 Å². The Balaban J connectivity index is 1.88. The second kappa shape index (κ2) is 5.25. The maximum Gasteiger partial charge on any atom is 0.129 e. The molecule has 0 saturated heterocycles. The smallest absolute Gasteiger partial charge is 0.129 e. The molecule has 3 heteroatoms. The summed E-state index contributed by atoms with van der Waals surface area (Å²) in [6, 6.07) is 16.5. The molecule has 3 rings (SSSR count). The van der Waals surface area contributed by atoms with Crippen LogP contribution < -0.4 is 9.64 Å². The van der Waals surface area contributed by atoms with Gasteiger partial charge in [-0.3, -0.25) is 0 Å². The van der Waals surface area contributed by atoms with Crippen LogP contribution in [-0.4, -0.2) is 19.0 Å². The Morgan fingerprint density at radius 1 is 1.05 bits per heavy atom. The van der Waals surface area contributed by atoms with Crippen LogP contribution in [0.3, 0.4) is 0 Å². The van der Waals surface area contributed by atoms with E-state index in [4.69, 9.17) is 17.0 Å². The Bertz CT molecular complexity index is 634. The van der Waals surface area contributed by atoms with Crippen molar-refractivity contribution in [2.45, 2.75) is 12.5 Å². The maximum atomic E-state index is 6.09. The summed E-state index contributed by atoms with van der Waals surface area (Å²) in [5.74, 6) is 0.894. The van der Waals surface area contributed by atoms with Gasteiger partial charge in [0.25, 0.3) is 0 Å². The van der Waals surface area contributed by atoms with Crippen LogP contribution in [0.15, 0.2) is 48.5 Å². The molecule has 1 aliphatic heterocycles. The average molecular weight is 283 g/mol. The largest absolute Gasteiger partial charge is 0.485 e. The molecule has 102 valence electrons. The van der Waals surface area contributed by atoms with Gasteiger partial charge in [0.15, 0.2) is 0 Å². The van der Waals surface area contributed by atoms with E-state index in [2.05, 4.69) is 29.2 Å². The van der Waals surface area contributed by atoms with Crippen molar-refractivity contribution in [3.63, 3.8) is 0 Å². The molecule has 0 fully saturated rings. The lowest BCUT2D eigenvalue weighted by Gasteiger charge is -2.27. The van der Waals surface area contributed by atoms with Crippen LogP contribution in [-0.2, 0) is 0 Å². The first-order chi connectivity index (χ1) is 9.65. The highest BCUT2D eigenvalue weighted by Crippen LogP contribution is 2.35. The number of nitrogens with zero attached hydrogens (tertiary/aromatic N) is 1. The molecule has 1 unspecified atom stereocenters. The average Bonchev–Trinajstić information content (AvgIpc) is 2.47. The molecule has 20 heavy (non-hydrogen) atoms. The third-order valence-electron chi connectivity index (χ3n) is 3.61. The van der Waals surface area contributed by atoms with Crippen LogP contribution in [0.25, 0.3) is 0 Å². The first-order valence-corrected chi connectivity index (χ1v) is 7.12. The summed E-state index contributed by atoms with van der Waals surface area (Å²) >= 11 is 5.52. The fraction of sp³-hybridized carbons (Fsp3) is 0.235. The van der Waals surface area contributed by atoms with E-state index in [-0.39, 0.29) is 6.10 Å². The van der Waals surface area contributed by atoms with Gasteiger partial charge in [-0.05, 0) is 23.8 Å². The highest BCUT2D eigenvalue weighted by atomic mass is 32.1. The molecule has 0 aromatic heterocycles. The third kappa shape index (κ3) is 2.41. The standard InChI is InChI=1S/C17H17NOS/c1-18(2)13-9-7-12(8-10-13)16-11-17(20)14-5-3-4-6-15(14)19-16/h3-10,16H,11H2,1-2H3. The van der Waals surface area contributed by atoms with Gasteiger partial charge in [-0.25, -0.2) is 0 Å². The van der Waals surface area contributed by atoms with Crippen molar-refractivity contribution in [1.29, 1.82) is 0 Å². The molecule has 2 aromatic carbocycles. The van der Waals surface area contributed by atoms with E-state index in [1.807, 2.05) is 38.4 Å². The first kappa shape index (κ1) is 13.1. The van der Waals surface area contributed by atoms with Crippen molar-refractivity contribution in [1.82, 2.24) is 0 Å². The number of hydrogen-bond acceptors (Lipinski definition) is 3. The Kier molecular flexibility index (Phi) is 3.45. The number of thiocarbonyl (C=S) groups is 1. The zero-order chi connectivity index (χ0) is 14.1. The van der Waals surface area contributed by atoms with Crippen molar-refractivity contribution < 1.29 is 4.74 Å². The highest BCUT2D eigenvalue weighted by molar-refractivity contribution is 7.80. The van der Waals surface area contributed by atoms with E-state index in [1.165, 1.54) is 11.3 Å². The predicted octanol–water partition coefficient (Wildman–Crippen LogP) is 3.99. The van der Waals surface area contributed by atoms with E-state index in [0.29, 0.717) is 0 Å². The predicted molar refractivity (Wildman–Crippen MR) is 86.9 cm³/mol. The number of benzene rings is 2. The molecule has 0 aliphatic carbocycles. The summed E-state index contributed by atoms with van der Waals surface area (Å²) in [4.78, 5) is 3.07. The molecule has 1 atom stereocenters. The molecule has 1 heterocycles. The van der Waals surface area contributed by atoms with E-state index in [1.54, 1.807) is 0 Å². The van der Waals surface area contributed by atoms with Crippen molar-refractivity contribution >= 4 is 22.8 Å². The summed E-state index contributed by atoms with van der Waals surface area (Å²) in [6.45, 7) is 0. The lowest BCUT2D eigenvalue weighted by atomic mass is 9.97. The van der Waals surface area contributed by atoms with Crippen LogP contribution in [0.2, 0.25) is 0 Å². The Morgan fingerprint density at radius 3 is 2.45 bits per heavy atom. The zero-order valence-electron chi connectivity index (χ0n) is 11.7. The van der Waals surface area contributed by atoms with E-state index in [0.717, 1.165) is 22.6 Å². The lowest BCUT2D eigenvalue weighted by Crippen LogP contribution is -2.19. The van der Waals surface area contributed by atoms with Gasteiger partial charge >= 0.3 is 0 Å². The van der Waals surface area contributed by atoms with Gasteiger partial charge in [-0.15, -0.1) is 0 Å². The van der Waals surface area contributed by atoms with Gasteiger partial charge in [0.2, 0.25) is 0 Å². The topological polar surface area (TPSA) is 12.5 Å². The lowest BCUT2D eigenvalue weighted by molar-refractivity contribution is 0.207. The minimum atomic E-state index is 0.0219. The molecule has 0 spiro atoms. The van der Waals surface area contributed by atoms with Gasteiger partial charge in [0, 0.05) is 36.6 Å². The monoisotopic (exact) mass is 283 g/mol. The summed E-state index contributed by atoms with van der Waals surface area (Å²) in [5, 5.41) is 0. The van der Waals surface area contributed by atoms with E-state index in [9.17, 15) is 0 Å². The van der Waals surface area contributed by atoms with Gasteiger partial charge < -0.3 is 9.64 Å². The first-order valence-electron chi connectivity index (χ1n) is 6.71. The zero-order valence-corrected chi connectivity index (χ0v) is 12.5. The quantitative estimate of drug-likeness (QED) is 0.773. The Morgan fingerprint density at radius 2 is 1.75 bits per heavy atom. The van der Waals surface area contributed by atoms with Gasteiger partial charge in [-0.1, -0.05) is 42.5 Å². The number of hydrogen-bond donors (Lipinski definition) is 0.